The number of hydrogen-bond donors (Lipinski definition) is 2. The number of rotatable bonds is 5. The molecule has 25 heavy (non-hydrogen) atoms. The average Bonchev–Trinajstić information content (AvgIpc) is 2.59. The number of anilines is 1. The molecule has 8 heteroatoms. The molecule has 0 radical (unpaired) electrons. The van der Waals surface area contributed by atoms with Crippen molar-refractivity contribution >= 4 is 27.6 Å². The molecule has 0 fully saturated rings. The number of amides is 1. The molecule has 0 saturated heterocycles. The number of primary sulfonamides is 1. The molecule has 0 aromatic heterocycles. The molecule has 0 aliphatic heterocycles. The Kier molecular flexibility index (Phi) is 5.68. The summed E-state index contributed by atoms with van der Waals surface area (Å²) in [7, 11) is -2.64. The lowest BCUT2D eigenvalue weighted by Crippen LogP contribution is -2.13. The second kappa shape index (κ2) is 7.73. The maximum Gasteiger partial charge on any atom is 0.330 e. The number of nitrogens with one attached hydrogen (secondary N) is 1. The Morgan fingerprint density at radius 3 is 2.28 bits per heavy atom. The number of benzene rings is 2. The fraction of sp³-hybridized carbons (Fsp3) is 0.0588. The van der Waals surface area contributed by atoms with Crippen LogP contribution in [0.2, 0.25) is 0 Å². The summed E-state index contributed by atoms with van der Waals surface area (Å²) in [5, 5.41) is 7.80. The van der Waals surface area contributed by atoms with Gasteiger partial charge in [0, 0.05) is 23.4 Å². The van der Waals surface area contributed by atoms with Crippen molar-refractivity contribution in [3.05, 3.63) is 60.7 Å². The minimum atomic E-state index is -3.85. The third-order valence-electron chi connectivity index (χ3n) is 3.23. The highest BCUT2D eigenvalue weighted by molar-refractivity contribution is 7.89. The van der Waals surface area contributed by atoms with Gasteiger partial charge in [0.05, 0.1) is 12.0 Å². The Bertz CT molecular complexity index is 918. The monoisotopic (exact) mass is 360 g/mol. The Morgan fingerprint density at radius 2 is 1.68 bits per heavy atom. The predicted octanol–water partition coefficient (Wildman–Crippen LogP) is 1.67. The quantitative estimate of drug-likeness (QED) is 0.621. The van der Waals surface area contributed by atoms with Crippen molar-refractivity contribution < 1.29 is 22.7 Å². The number of esters is 1. The molecule has 2 rings (SSSR count). The first-order valence-electron chi connectivity index (χ1n) is 7.10. The first-order valence-corrected chi connectivity index (χ1v) is 8.65. The third kappa shape index (κ3) is 5.00. The van der Waals surface area contributed by atoms with E-state index in [4.69, 9.17) is 5.14 Å². The molecule has 0 heterocycles. The number of carbonyl (C=O) groups excluding carboxylic acids is 2. The van der Waals surface area contributed by atoms with Crippen molar-refractivity contribution in [3.63, 3.8) is 0 Å². The molecule has 2 aromatic carbocycles. The summed E-state index contributed by atoms with van der Waals surface area (Å²) >= 11 is 0. The number of carbonyl (C=O) groups is 2. The normalized spacial score (nSPS) is 11.3. The number of methoxy groups -OCH3 is 1. The van der Waals surface area contributed by atoms with Crippen LogP contribution in [-0.2, 0) is 24.3 Å². The van der Waals surface area contributed by atoms with Crippen LogP contribution in [0.25, 0.3) is 11.1 Å². The standard InChI is InChI=1S/C17H16N2O5S/c1-24-17(21)11-10-16(20)19-13-8-6-12(7-9-13)14-4-2-3-5-15(14)25(18,22)23/h2-11H,1H3,(H,19,20)(H2,18,22,23). The average molecular weight is 360 g/mol. The number of sulfonamides is 1. The SMILES string of the molecule is COC(=O)C=CC(=O)Nc1ccc(-c2ccccc2S(N)(=O)=O)cc1. The molecule has 1 amide bonds. The van der Waals surface area contributed by atoms with Gasteiger partial charge in [0.25, 0.3) is 0 Å². The van der Waals surface area contributed by atoms with E-state index in [0.29, 0.717) is 16.8 Å². The van der Waals surface area contributed by atoms with E-state index in [1.807, 2.05) is 0 Å². The Labute approximate surface area is 145 Å². The zero-order valence-corrected chi connectivity index (χ0v) is 14.1. The number of nitrogens with two attached hydrogens (primary N) is 1. The smallest absolute Gasteiger partial charge is 0.330 e. The lowest BCUT2D eigenvalue weighted by atomic mass is 10.1. The highest BCUT2D eigenvalue weighted by Crippen LogP contribution is 2.27. The van der Waals surface area contributed by atoms with Crippen molar-refractivity contribution in [1.82, 2.24) is 0 Å². The molecule has 0 unspecified atom stereocenters. The van der Waals surface area contributed by atoms with Gasteiger partial charge < -0.3 is 10.1 Å². The molecule has 2 aromatic rings. The number of ether oxygens (including phenoxy) is 1. The zero-order chi connectivity index (χ0) is 18.4. The van der Waals surface area contributed by atoms with Gasteiger partial charge in [-0.2, -0.15) is 0 Å². The molecule has 0 aliphatic rings. The molecule has 130 valence electrons. The summed E-state index contributed by atoms with van der Waals surface area (Å²) in [6.45, 7) is 0. The van der Waals surface area contributed by atoms with E-state index >= 15 is 0 Å². The van der Waals surface area contributed by atoms with E-state index in [0.717, 1.165) is 12.2 Å². The van der Waals surface area contributed by atoms with Gasteiger partial charge in [-0.3, -0.25) is 4.79 Å². The van der Waals surface area contributed by atoms with Gasteiger partial charge in [-0.15, -0.1) is 0 Å². The second-order valence-corrected chi connectivity index (χ2v) is 6.49. The van der Waals surface area contributed by atoms with Crippen LogP contribution in [0, 0.1) is 0 Å². The fourth-order valence-electron chi connectivity index (χ4n) is 2.08. The van der Waals surface area contributed by atoms with E-state index in [2.05, 4.69) is 10.1 Å². The summed E-state index contributed by atoms with van der Waals surface area (Å²) in [6.07, 6.45) is 2.06. The maximum absolute atomic E-state index is 11.7. The first kappa shape index (κ1) is 18.4. The summed E-state index contributed by atoms with van der Waals surface area (Å²) in [5.74, 6) is -1.13. The van der Waals surface area contributed by atoms with Crippen LogP contribution >= 0.6 is 0 Å². The Morgan fingerprint density at radius 1 is 1.04 bits per heavy atom. The van der Waals surface area contributed by atoms with Crippen molar-refractivity contribution in [2.24, 2.45) is 5.14 Å². The lowest BCUT2D eigenvalue weighted by molar-refractivity contribution is -0.135. The van der Waals surface area contributed by atoms with Gasteiger partial charge in [0.2, 0.25) is 15.9 Å². The van der Waals surface area contributed by atoms with E-state index in [9.17, 15) is 18.0 Å². The highest BCUT2D eigenvalue weighted by Gasteiger charge is 2.14. The fourth-order valence-corrected chi connectivity index (χ4v) is 2.84. The van der Waals surface area contributed by atoms with Gasteiger partial charge in [0.1, 0.15) is 0 Å². The molecule has 7 nitrogen and oxygen atoms in total. The molecule has 0 atom stereocenters. The second-order valence-electron chi connectivity index (χ2n) is 4.96. The van der Waals surface area contributed by atoms with E-state index in [1.54, 1.807) is 42.5 Å². The maximum atomic E-state index is 11.7. The molecule has 3 N–H and O–H groups in total. The van der Waals surface area contributed by atoms with Crippen LogP contribution in [0.4, 0.5) is 5.69 Å². The predicted molar refractivity (Wildman–Crippen MR) is 93.0 cm³/mol. The highest BCUT2D eigenvalue weighted by atomic mass is 32.2. The van der Waals surface area contributed by atoms with Crippen LogP contribution in [0.15, 0.2) is 65.6 Å². The summed E-state index contributed by atoms with van der Waals surface area (Å²) < 4.78 is 27.7. The van der Waals surface area contributed by atoms with Gasteiger partial charge in [0.15, 0.2) is 0 Å². The van der Waals surface area contributed by atoms with Crippen LogP contribution in [-0.4, -0.2) is 27.4 Å². The minimum Gasteiger partial charge on any atom is -0.466 e. The molecule has 0 spiro atoms. The Balaban J connectivity index is 2.20. The van der Waals surface area contributed by atoms with Crippen LogP contribution in [0.1, 0.15) is 0 Å². The summed E-state index contributed by atoms with van der Waals surface area (Å²) in [4.78, 5) is 22.6. The lowest BCUT2D eigenvalue weighted by Gasteiger charge is -2.09. The topological polar surface area (TPSA) is 116 Å². The summed E-state index contributed by atoms with van der Waals surface area (Å²) in [6, 6.07) is 12.9. The zero-order valence-electron chi connectivity index (χ0n) is 13.3. The van der Waals surface area contributed by atoms with Gasteiger partial charge in [-0.25, -0.2) is 18.4 Å². The first-order chi connectivity index (χ1) is 11.8. The third-order valence-corrected chi connectivity index (χ3v) is 4.20. The summed E-state index contributed by atoms with van der Waals surface area (Å²) in [5.41, 5.74) is 1.58. The van der Waals surface area contributed by atoms with E-state index < -0.39 is 21.9 Å². The van der Waals surface area contributed by atoms with Crippen molar-refractivity contribution in [3.8, 4) is 11.1 Å². The minimum absolute atomic E-state index is 0.0211. The Hall–Kier alpha value is -2.97. The van der Waals surface area contributed by atoms with Crippen LogP contribution in [0.3, 0.4) is 0 Å². The van der Waals surface area contributed by atoms with Gasteiger partial charge in [-0.05, 0) is 23.8 Å². The molecule has 0 saturated carbocycles. The van der Waals surface area contributed by atoms with Crippen LogP contribution in [0.5, 0.6) is 0 Å². The van der Waals surface area contributed by atoms with E-state index in [1.165, 1.54) is 13.2 Å². The molecule has 0 aliphatic carbocycles. The largest absolute Gasteiger partial charge is 0.466 e. The molecular weight excluding hydrogens is 344 g/mol. The van der Waals surface area contributed by atoms with Crippen molar-refractivity contribution in [2.45, 2.75) is 4.90 Å². The molecular formula is C17H16N2O5S. The van der Waals surface area contributed by atoms with Gasteiger partial charge in [-0.1, -0.05) is 30.3 Å². The van der Waals surface area contributed by atoms with Gasteiger partial charge >= 0.3 is 5.97 Å². The number of hydrogen-bond acceptors (Lipinski definition) is 5. The van der Waals surface area contributed by atoms with E-state index in [-0.39, 0.29) is 4.90 Å². The molecule has 0 bridgehead atoms. The van der Waals surface area contributed by atoms with Crippen molar-refractivity contribution in [2.75, 3.05) is 12.4 Å². The van der Waals surface area contributed by atoms with Crippen molar-refractivity contribution in [1.29, 1.82) is 0 Å². The van der Waals surface area contributed by atoms with Crippen LogP contribution < -0.4 is 10.5 Å².